The Kier molecular flexibility index (Phi) is 7.12. The Morgan fingerprint density at radius 2 is 1.81 bits per heavy atom. The number of amides is 2. The van der Waals surface area contributed by atoms with Crippen molar-refractivity contribution in [1.29, 1.82) is 0 Å². The highest BCUT2D eigenvalue weighted by atomic mass is 32.3. The van der Waals surface area contributed by atoms with Gasteiger partial charge < -0.3 is 24.8 Å². The smallest absolute Gasteiger partial charge is 0.303 e. The highest BCUT2D eigenvalue weighted by molar-refractivity contribution is 8.32. The lowest BCUT2D eigenvalue weighted by Gasteiger charge is -2.37. The zero-order valence-corrected chi connectivity index (χ0v) is 21.0. The molecular formula is C25H28F2N2O6S. The molecule has 0 aliphatic carbocycles. The number of carbonyl (C=O) groups is 3. The van der Waals surface area contributed by atoms with Gasteiger partial charge in [0, 0.05) is 30.6 Å². The maximum Gasteiger partial charge on any atom is 0.303 e. The SMILES string of the molecule is CS(C)(C)c1c(F)cc(NC(=O)[C@H]2c3ccc4c(c3CCN2C(=O)CCCC(=O)O)OCO4)cc1F. The van der Waals surface area contributed by atoms with Gasteiger partial charge in [-0.05, 0) is 55.4 Å². The molecule has 36 heavy (non-hydrogen) atoms. The van der Waals surface area contributed by atoms with E-state index in [0.717, 1.165) is 17.7 Å². The van der Waals surface area contributed by atoms with Crippen molar-refractivity contribution < 1.29 is 37.7 Å². The number of carbonyl (C=O) groups excluding carboxylic acids is 2. The summed E-state index contributed by atoms with van der Waals surface area (Å²) in [6, 6.07) is 4.39. The number of nitrogens with one attached hydrogen (secondary N) is 1. The Balaban J connectivity index is 1.66. The van der Waals surface area contributed by atoms with Gasteiger partial charge in [-0.3, -0.25) is 14.4 Å². The number of hydrogen-bond donors (Lipinski definition) is 2. The van der Waals surface area contributed by atoms with Gasteiger partial charge in [-0.2, -0.15) is 0 Å². The summed E-state index contributed by atoms with van der Waals surface area (Å²) in [4.78, 5) is 38.8. The van der Waals surface area contributed by atoms with Gasteiger partial charge in [-0.1, -0.05) is 6.07 Å². The topological polar surface area (TPSA) is 105 Å². The third-order valence-corrected chi connectivity index (χ3v) is 7.73. The number of anilines is 1. The minimum absolute atomic E-state index is 0.00791. The summed E-state index contributed by atoms with van der Waals surface area (Å²) in [5.41, 5.74) is 1.18. The molecule has 0 bridgehead atoms. The van der Waals surface area contributed by atoms with Crippen molar-refractivity contribution in [1.82, 2.24) is 4.90 Å². The molecular weight excluding hydrogens is 494 g/mol. The molecule has 0 fully saturated rings. The Bertz CT molecular complexity index is 1210. The van der Waals surface area contributed by atoms with E-state index in [2.05, 4.69) is 5.32 Å². The van der Waals surface area contributed by atoms with E-state index in [1.165, 1.54) is 4.90 Å². The molecule has 194 valence electrons. The van der Waals surface area contributed by atoms with Crippen LogP contribution in [0.2, 0.25) is 0 Å². The summed E-state index contributed by atoms with van der Waals surface area (Å²) in [5.74, 6) is -2.49. The molecule has 0 saturated heterocycles. The second-order valence-electron chi connectivity index (χ2n) is 9.45. The fraction of sp³-hybridized carbons (Fsp3) is 0.400. The molecule has 2 heterocycles. The number of aliphatic carboxylic acids is 1. The summed E-state index contributed by atoms with van der Waals surface area (Å²) in [6.07, 6.45) is 5.61. The molecule has 2 aromatic carbocycles. The first-order chi connectivity index (χ1) is 17.0. The van der Waals surface area contributed by atoms with Crippen LogP contribution in [0.4, 0.5) is 14.5 Å². The van der Waals surface area contributed by atoms with E-state index < -0.39 is 39.6 Å². The summed E-state index contributed by atoms with van der Waals surface area (Å²) < 4.78 is 40.6. The minimum Gasteiger partial charge on any atom is -0.481 e. The average Bonchev–Trinajstić information content (AvgIpc) is 3.25. The normalized spacial score (nSPS) is 16.9. The summed E-state index contributed by atoms with van der Waals surface area (Å²) in [6.45, 7) is 0.229. The van der Waals surface area contributed by atoms with E-state index in [4.69, 9.17) is 14.6 Å². The predicted octanol–water partition coefficient (Wildman–Crippen LogP) is 4.07. The Morgan fingerprint density at radius 3 is 2.44 bits per heavy atom. The van der Waals surface area contributed by atoms with Crippen molar-refractivity contribution in [2.45, 2.75) is 36.6 Å². The fourth-order valence-corrected chi connectivity index (χ4v) is 5.89. The van der Waals surface area contributed by atoms with Crippen molar-refractivity contribution in [3.63, 3.8) is 0 Å². The predicted molar refractivity (Wildman–Crippen MR) is 131 cm³/mol. The van der Waals surface area contributed by atoms with Gasteiger partial charge >= 0.3 is 5.97 Å². The van der Waals surface area contributed by atoms with E-state index >= 15 is 0 Å². The van der Waals surface area contributed by atoms with Crippen molar-refractivity contribution in [3.8, 4) is 11.5 Å². The van der Waals surface area contributed by atoms with Crippen LogP contribution < -0.4 is 14.8 Å². The third-order valence-electron chi connectivity index (χ3n) is 6.12. The minimum atomic E-state index is -1.69. The van der Waals surface area contributed by atoms with Crippen LogP contribution in [0, 0.1) is 11.6 Å². The van der Waals surface area contributed by atoms with Crippen molar-refractivity contribution in [2.24, 2.45) is 0 Å². The van der Waals surface area contributed by atoms with E-state index in [-0.39, 0.29) is 49.1 Å². The van der Waals surface area contributed by atoms with Crippen LogP contribution >= 0.6 is 10.0 Å². The third kappa shape index (κ3) is 5.11. The van der Waals surface area contributed by atoms with Crippen LogP contribution in [0.3, 0.4) is 0 Å². The lowest BCUT2D eigenvalue weighted by Crippen LogP contribution is -2.45. The number of halogens is 2. The maximum absolute atomic E-state index is 14.8. The van der Waals surface area contributed by atoms with Crippen LogP contribution in [0.15, 0.2) is 29.2 Å². The summed E-state index contributed by atoms with van der Waals surface area (Å²) >= 11 is 0. The molecule has 2 aliphatic heterocycles. The number of carboxylic acids is 1. The Labute approximate surface area is 208 Å². The quantitative estimate of drug-likeness (QED) is 0.568. The first-order valence-electron chi connectivity index (χ1n) is 11.4. The summed E-state index contributed by atoms with van der Waals surface area (Å²) in [7, 11) is -1.69. The zero-order valence-electron chi connectivity index (χ0n) is 20.2. The van der Waals surface area contributed by atoms with Gasteiger partial charge in [-0.15, -0.1) is 0 Å². The lowest BCUT2D eigenvalue weighted by atomic mass is 9.90. The second-order valence-corrected chi connectivity index (χ2v) is 13.5. The van der Waals surface area contributed by atoms with Gasteiger partial charge in [0.15, 0.2) is 11.5 Å². The zero-order chi connectivity index (χ0) is 26.2. The molecule has 4 rings (SSSR count). The number of rotatable bonds is 7. The molecule has 2 aromatic rings. The molecule has 0 unspecified atom stereocenters. The summed E-state index contributed by atoms with van der Waals surface area (Å²) in [5, 5.41) is 11.5. The number of ether oxygens (including phenoxy) is 2. The largest absolute Gasteiger partial charge is 0.481 e. The van der Waals surface area contributed by atoms with E-state index in [1.54, 1.807) is 30.9 Å². The molecule has 1 atom stereocenters. The molecule has 0 saturated carbocycles. The number of benzene rings is 2. The van der Waals surface area contributed by atoms with Crippen LogP contribution in [0.25, 0.3) is 0 Å². The highest BCUT2D eigenvalue weighted by Crippen LogP contribution is 2.49. The molecule has 0 aromatic heterocycles. The van der Waals surface area contributed by atoms with Crippen LogP contribution in [0.1, 0.15) is 36.4 Å². The van der Waals surface area contributed by atoms with Crippen LogP contribution in [0.5, 0.6) is 11.5 Å². The second kappa shape index (κ2) is 9.96. The Morgan fingerprint density at radius 1 is 1.11 bits per heavy atom. The molecule has 2 N–H and O–H groups in total. The van der Waals surface area contributed by atoms with E-state index in [1.807, 2.05) is 0 Å². The van der Waals surface area contributed by atoms with E-state index in [0.29, 0.717) is 23.5 Å². The Hall–Kier alpha value is -3.34. The molecule has 2 amide bonds. The lowest BCUT2D eigenvalue weighted by molar-refractivity contribution is -0.140. The van der Waals surface area contributed by atoms with Gasteiger partial charge in [0.25, 0.3) is 5.91 Å². The van der Waals surface area contributed by atoms with Gasteiger partial charge in [0.1, 0.15) is 17.7 Å². The molecule has 2 aliphatic rings. The van der Waals surface area contributed by atoms with Gasteiger partial charge in [0.2, 0.25) is 12.7 Å². The van der Waals surface area contributed by atoms with Crippen LogP contribution in [-0.4, -0.2) is 59.9 Å². The van der Waals surface area contributed by atoms with Gasteiger partial charge in [-0.25, -0.2) is 18.8 Å². The van der Waals surface area contributed by atoms with Gasteiger partial charge in [0.05, 0.1) is 4.90 Å². The number of nitrogens with zero attached hydrogens (tertiary/aromatic N) is 1. The van der Waals surface area contributed by atoms with Crippen molar-refractivity contribution in [2.75, 3.05) is 37.4 Å². The van der Waals surface area contributed by atoms with E-state index in [9.17, 15) is 23.2 Å². The van der Waals surface area contributed by atoms with Crippen LogP contribution in [-0.2, 0) is 20.8 Å². The number of fused-ring (bicyclic) bond motifs is 3. The first-order valence-corrected chi connectivity index (χ1v) is 14.2. The molecule has 0 spiro atoms. The monoisotopic (exact) mass is 522 g/mol. The number of hydrogen-bond acceptors (Lipinski definition) is 5. The first kappa shape index (κ1) is 25.7. The molecule has 0 radical (unpaired) electrons. The van der Waals surface area contributed by atoms with Crippen molar-refractivity contribution >= 4 is 33.5 Å². The van der Waals surface area contributed by atoms with Crippen molar-refractivity contribution in [3.05, 3.63) is 47.0 Å². The maximum atomic E-state index is 14.8. The highest BCUT2D eigenvalue weighted by Gasteiger charge is 2.39. The fourth-order valence-electron chi connectivity index (χ4n) is 4.60. The molecule has 8 nitrogen and oxygen atoms in total. The molecule has 11 heteroatoms. The average molecular weight is 523 g/mol. The number of carboxylic acid groups (broad SMARTS) is 1. The standard InChI is InChI=1S/C25H28F2N2O6S/c1-36(2,3)24-17(26)11-14(12-18(24)27)28-25(33)22-15-7-8-19-23(35-13-34-19)16(15)9-10-29(22)20(30)5-4-6-21(31)32/h7-8,11-12,22H,4-6,9-10,13H2,1-3H3,(H,28,33)(H,31,32)/t22-/m1/s1.